The highest BCUT2D eigenvalue weighted by atomic mass is 35.5. The predicted molar refractivity (Wildman–Crippen MR) is 96.4 cm³/mol. The topological polar surface area (TPSA) is 56.7 Å². The number of benzene rings is 1. The van der Waals surface area contributed by atoms with E-state index in [1.54, 1.807) is 24.9 Å². The zero-order chi connectivity index (χ0) is 16.0. The van der Waals surface area contributed by atoms with Crippen molar-refractivity contribution >= 4 is 40.9 Å². The van der Waals surface area contributed by atoms with Gasteiger partial charge in [0.05, 0.1) is 5.60 Å². The van der Waals surface area contributed by atoms with E-state index in [-0.39, 0.29) is 0 Å². The molecule has 1 unspecified atom stereocenters. The summed E-state index contributed by atoms with van der Waals surface area (Å²) in [6, 6.07) is 5.52. The number of aliphatic imine (C=N–C) groups is 1. The minimum absolute atomic E-state index is 0.515. The van der Waals surface area contributed by atoms with E-state index in [1.165, 1.54) is 0 Å². The molecule has 7 heteroatoms. The molecule has 1 atom stereocenters. The van der Waals surface area contributed by atoms with E-state index < -0.39 is 5.60 Å². The van der Waals surface area contributed by atoms with E-state index in [1.807, 2.05) is 12.1 Å². The fourth-order valence-corrected chi connectivity index (χ4v) is 4.04. The van der Waals surface area contributed by atoms with Crippen LogP contribution in [0.25, 0.3) is 0 Å². The number of hydrogen-bond donors (Lipinski definition) is 3. The summed E-state index contributed by atoms with van der Waals surface area (Å²) >= 11 is 13.8. The molecular weight excluding hydrogens is 341 g/mol. The Morgan fingerprint density at radius 1 is 1.41 bits per heavy atom. The van der Waals surface area contributed by atoms with Gasteiger partial charge in [0, 0.05) is 35.9 Å². The molecule has 1 saturated heterocycles. The lowest BCUT2D eigenvalue weighted by Gasteiger charge is -2.23. The van der Waals surface area contributed by atoms with Crippen molar-refractivity contribution in [2.75, 3.05) is 31.6 Å². The molecule has 1 aromatic carbocycles. The molecule has 0 aliphatic carbocycles. The maximum atomic E-state index is 10.3. The Morgan fingerprint density at radius 2 is 2.23 bits per heavy atom. The van der Waals surface area contributed by atoms with Gasteiger partial charge in [-0.25, -0.2) is 0 Å². The molecule has 1 aliphatic heterocycles. The van der Waals surface area contributed by atoms with E-state index in [9.17, 15) is 5.11 Å². The molecule has 1 aliphatic rings. The van der Waals surface area contributed by atoms with Crippen LogP contribution in [0.5, 0.6) is 0 Å². The SMILES string of the molecule is CN=C(NCCc1ccc(Cl)cc1Cl)NCC1(O)CCSC1. The lowest BCUT2D eigenvalue weighted by Crippen LogP contribution is -2.47. The van der Waals surface area contributed by atoms with Crippen LogP contribution >= 0.6 is 35.0 Å². The summed E-state index contributed by atoms with van der Waals surface area (Å²) in [6.45, 7) is 1.22. The Morgan fingerprint density at radius 3 is 2.86 bits per heavy atom. The second-order valence-corrected chi connectivity index (χ2v) is 7.31. The fourth-order valence-electron chi connectivity index (χ4n) is 2.24. The molecule has 0 spiro atoms. The first-order valence-corrected chi connectivity index (χ1v) is 9.12. The van der Waals surface area contributed by atoms with Crippen LogP contribution < -0.4 is 10.6 Å². The minimum atomic E-state index is -0.623. The van der Waals surface area contributed by atoms with Crippen LogP contribution in [0.15, 0.2) is 23.2 Å². The van der Waals surface area contributed by atoms with Crippen molar-refractivity contribution in [3.05, 3.63) is 33.8 Å². The number of hydrogen-bond acceptors (Lipinski definition) is 3. The number of aliphatic hydroxyl groups is 1. The van der Waals surface area contributed by atoms with Gasteiger partial charge in [0.2, 0.25) is 0 Å². The first-order chi connectivity index (χ1) is 10.5. The lowest BCUT2D eigenvalue weighted by molar-refractivity contribution is 0.0724. The zero-order valence-corrected chi connectivity index (χ0v) is 14.9. The third-order valence-corrected chi connectivity index (χ3v) is 5.41. The van der Waals surface area contributed by atoms with E-state index >= 15 is 0 Å². The maximum Gasteiger partial charge on any atom is 0.191 e. The average Bonchev–Trinajstić information content (AvgIpc) is 2.92. The summed E-state index contributed by atoms with van der Waals surface area (Å²) in [5, 5.41) is 18.0. The van der Waals surface area contributed by atoms with Gasteiger partial charge in [0.25, 0.3) is 0 Å². The number of thioether (sulfide) groups is 1. The van der Waals surface area contributed by atoms with Crippen LogP contribution in [0, 0.1) is 0 Å². The van der Waals surface area contributed by atoms with Crippen LogP contribution in [0.4, 0.5) is 0 Å². The van der Waals surface area contributed by atoms with Gasteiger partial charge in [-0.3, -0.25) is 4.99 Å². The molecule has 0 radical (unpaired) electrons. The maximum absolute atomic E-state index is 10.3. The molecule has 0 aromatic heterocycles. The molecule has 1 heterocycles. The molecule has 0 amide bonds. The molecule has 4 nitrogen and oxygen atoms in total. The largest absolute Gasteiger partial charge is 0.387 e. The highest BCUT2D eigenvalue weighted by Gasteiger charge is 2.31. The van der Waals surface area contributed by atoms with Crippen molar-refractivity contribution in [1.29, 1.82) is 0 Å². The first-order valence-electron chi connectivity index (χ1n) is 7.21. The van der Waals surface area contributed by atoms with E-state index in [2.05, 4.69) is 15.6 Å². The number of rotatable bonds is 5. The molecule has 122 valence electrons. The summed E-state index contributed by atoms with van der Waals surface area (Å²) in [5.41, 5.74) is 0.418. The van der Waals surface area contributed by atoms with Crippen LogP contribution in [-0.4, -0.2) is 48.3 Å². The monoisotopic (exact) mass is 361 g/mol. The highest BCUT2D eigenvalue weighted by Crippen LogP contribution is 2.26. The second-order valence-electron chi connectivity index (χ2n) is 5.37. The zero-order valence-electron chi connectivity index (χ0n) is 12.5. The van der Waals surface area contributed by atoms with Crippen molar-refractivity contribution < 1.29 is 5.11 Å². The van der Waals surface area contributed by atoms with Gasteiger partial charge in [0.1, 0.15) is 0 Å². The Kier molecular flexibility index (Phi) is 6.68. The molecule has 3 N–H and O–H groups in total. The van der Waals surface area contributed by atoms with Crippen LogP contribution in [0.3, 0.4) is 0 Å². The quantitative estimate of drug-likeness (QED) is 0.557. The van der Waals surface area contributed by atoms with E-state index in [0.717, 1.165) is 29.9 Å². The molecule has 22 heavy (non-hydrogen) atoms. The fraction of sp³-hybridized carbons (Fsp3) is 0.533. The number of nitrogens with zero attached hydrogens (tertiary/aromatic N) is 1. The van der Waals surface area contributed by atoms with Crippen LogP contribution in [0.2, 0.25) is 10.0 Å². The highest BCUT2D eigenvalue weighted by molar-refractivity contribution is 7.99. The molecule has 0 bridgehead atoms. The standard InChI is InChI=1S/C15H21Cl2N3OS/c1-18-14(20-9-15(21)5-7-22-10-15)19-6-4-11-2-3-12(16)8-13(11)17/h2-3,8,21H,4-7,9-10H2,1H3,(H2,18,19,20). The molecular formula is C15H21Cl2N3OS. The van der Waals surface area contributed by atoms with Crippen molar-refractivity contribution in [2.24, 2.45) is 4.99 Å². The van der Waals surface area contributed by atoms with Gasteiger partial charge >= 0.3 is 0 Å². The van der Waals surface area contributed by atoms with Crippen molar-refractivity contribution in [1.82, 2.24) is 10.6 Å². The second kappa shape index (κ2) is 8.29. The van der Waals surface area contributed by atoms with Crippen molar-refractivity contribution in [3.63, 3.8) is 0 Å². The summed E-state index contributed by atoms with van der Waals surface area (Å²) < 4.78 is 0. The molecule has 0 saturated carbocycles. The summed E-state index contributed by atoms with van der Waals surface area (Å²) in [4.78, 5) is 4.17. The van der Waals surface area contributed by atoms with Crippen molar-refractivity contribution in [3.8, 4) is 0 Å². The Hall–Kier alpha value is -0.620. The summed E-state index contributed by atoms with van der Waals surface area (Å²) in [6.07, 6.45) is 1.60. The van der Waals surface area contributed by atoms with Crippen LogP contribution in [0.1, 0.15) is 12.0 Å². The van der Waals surface area contributed by atoms with Gasteiger partial charge < -0.3 is 15.7 Å². The van der Waals surface area contributed by atoms with Gasteiger partial charge in [-0.05, 0) is 36.3 Å². The molecule has 1 aromatic rings. The molecule has 1 fully saturated rings. The smallest absolute Gasteiger partial charge is 0.191 e. The van der Waals surface area contributed by atoms with Gasteiger partial charge in [0.15, 0.2) is 5.96 Å². The van der Waals surface area contributed by atoms with E-state index in [4.69, 9.17) is 23.2 Å². The third-order valence-electron chi connectivity index (χ3n) is 3.59. The number of nitrogens with one attached hydrogen (secondary N) is 2. The average molecular weight is 362 g/mol. The van der Waals surface area contributed by atoms with Gasteiger partial charge in [-0.15, -0.1) is 0 Å². The summed E-state index contributed by atoms with van der Waals surface area (Å²) in [5.74, 6) is 2.48. The third kappa shape index (κ3) is 5.23. The van der Waals surface area contributed by atoms with E-state index in [0.29, 0.717) is 29.1 Å². The Balaban J connectivity index is 1.76. The lowest BCUT2D eigenvalue weighted by atomic mass is 10.0. The predicted octanol–water partition coefficient (Wildman–Crippen LogP) is 2.57. The van der Waals surface area contributed by atoms with Crippen LogP contribution in [-0.2, 0) is 6.42 Å². The number of halogens is 2. The Bertz CT molecular complexity index is 534. The summed E-state index contributed by atoms with van der Waals surface area (Å²) in [7, 11) is 1.72. The van der Waals surface area contributed by atoms with Gasteiger partial charge in [-0.2, -0.15) is 11.8 Å². The molecule has 2 rings (SSSR count). The number of guanidine groups is 1. The van der Waals surface area contributed by atoms with Crippen molar-refractivity contribution in [2.45, 2.75) is 18.4 Å². The van der Waals surface area contributed by atoms with Gasteiger partial charge in [-0.1, -0.05) is 29.3 Å². The normalized spacial score (nSPS) is 21.9. The first kappa shape index (κ1) is 17.7. The minimum Gasteiger partial charge on any atom is -0.387 e. The Labute approximate surface area is 145 Å².